The Hall–Kier alpha value is -3.18. The largest absolute Gasteiger partial charge is 0.451 e. The molecule has 1 aliphatic heterocycles. The van der Waals surface area contributed by atoms with E-state index in [1.807, 2.05) is 13.8 Å². The minimum Gasteiger partial charge on any atom is -0.451 e. The van der Waals surface area contributed by atoms with Crippen molar-refractivity contribution in [2.75, 3.05) is 21.1 Å². The van der Waals surface area contributed by atoms with Crippen LogP contribution in [0.15, 0.2) is 0 Å². The van der Waals surface area contributed by atoms with Crippen molar-refractivity contribution in [3.05, 3.63) is 0 Å². The molecule has 0 aromatic carbocycles. The van der Waals surface area contributed by atoms with E-state index >= 15 is 0 Å². The molecule has 1 aliphatic carbocycles. The maximum absolute atomic E-state index is 13.7. The number of likely N-dealkylation sites (N-methyl/N-ethyl adjacent to an activating group) is 3. The molecule has 45 heavy (non-hydrogen) atoms. The average molecular weight is 638 g/mol. The second-order valence-corrected chi connectivity index (χ2v) is 13.0. The molecule has 2 fully saturated rings. The third kappa shape index (κ3) is 9.42. The van der Waals surface area contributed by atoms with Crippen molar-refractivity contribution in [2.45, 2.75) is 136 Å². The summed E-state index contributed by atoms with van der Waals surface area (Å²) in [7, 11) is 4.34. The van der Waals surface area contributed by atoms with Crippen LogP contribution in [0.5, 0.6) is 0 Å². The molecule has 0 N–H and O–H groups in total. The summed E-state index contributed by atoms with van der Waals surface area (Å²) in [5.74, 6) is -4.69. The van der Waals surface area contributed by atoms with E-state index < -0.39 is 72.1 Å². The summed E-state index contributed by atoms with van der Waals surface area (Å²) in [6.07, 6.45) is 2.52. The number of hydrogen-bond donors (Lipinski definition) is 0. The summed E-state index contributed by atoms with van der Waals surface area (Å²) in [4.78, 5) is 85.0. The molecule has 3 amide bonds. The minimum absolute atomic E-state index is 0.178. The Bertz CT molecular complexity index is 1070. The van der Waals surface area contributed by atoms with Crippen molar-refractivity contribution in [3.63, 3.8) is 0 Å². The Morgan fingerprint density at radius 1 is 0.600 bits per heavy atom. The highest BCUT2D eigenvalue weighted by Gasteiger charge is 2.42. The van der Waals surface area contributed by atoms with Crippen LogP contribution in [-0.2, 0) is 43.0 Å². The number of carbonyl (C=O) groups is 6. The van der Waals surface area contributed by atoms with E-state index in [4.69, 9.17) is 14.2 Å². The van der Waals surface area contributed by atoms with Crippen LogP contribution < -0.4 is 0 Å². The van der Waals surface area contributed by atoms with Gasteiger partial charge in [0.1, 0.15) is 18.1 Å². The fraction of sp³-hybridized carbons (Fsp3) is 0.818. The van der Waals surface area contributed by atoms with Crippen LogP contribution in [0.2, 0.25) is 0 Å². The smallest absolute Gasteiger partial charge is 0.329 e. The Labute approximate surface area is 268 Å². The lowest BCUT2D eigenvalue weighted by molar-refractivity contribution is -0.177. The highest BCUT2D eigenvalue weighted by Crippen LogP contribution is 2.30. The number of amides is 3. The van der Waals surface area contributed by atoms with Gasteiger partial charge in [-0.3, -0.25) is 14.4 Å². The van der Waals surface area contributed by atoms with E-state index in [2.05, 4.69) is 0 Å². The highest BCUT2D eigenvalue weighted by molar-refractivity contribution is 5.93. The Morgan fingerprint density at radius 3 is 1.33 bits per heavy atom. The average Bonchev–Trinajstić information content (AvgIpc) is 3.01. The highest BCUT2D eigenvalue weighted by atomic mass is 16.6. The van der Waals surface area contributed by atoms with E-state index in [9.17, 15) is 28.8 Å². The number of rotatable bonds is 6. The van der Waals surface area contributed by atoms with Crippen LogP contribution in [0.25, 0.3) is 0 Å². The van der Waals surface area contributed by atoms with Gasteiger partial charge in [0.2, 0.25) is 0 Å². The molecule has 12 nitrogen and oxygen atoms in total. The first-order chi connectivity index (χ1) is 21.1. The normalized spacial score (nSPS) is 30.7. The number of carbonyl (C=O) groups excluding carboxylic acids is 6. The van der Waals surface area contributed by atoms with Crippen molar-refractivity contribution in [1.29, 1.82) is 0 Å². The maximum atomic E-state index is 13.7. The summed E-state index contributed by atoms with van der Waals surface area (Å²) in [5.41, 5.74) is 0. The van der Waals surface area contributed by atoms with Crippen molar-refractivity contribution in [2.24, 2.45) is 17.8 Å². The van der Waals surface area contributed by atoms with Gasteiger partial charge in [-0.15, -0.1) is 0 Å². The molecule has 2 rings (SSSR count). The fourth-order valence-corrected chi connectivity index (χ4v) is 6.32. The summed E-state index contributed by atoms with van der Waals surface area (Å²) >= 11 is 0. The molecule has 1 heterocycles. The molecule has 12 heteroatoms. The summed E-state index contributed by atoms with van der Waals surface area (Å²) in [5, 5.41) is 0. The number of ether oxygens (including phenoxy) is 3. The standard InChI is InChI=1S/C33H55N3O9/c1-11-19(3)26-32(41)44-21(5)28(37)34(8)25(18-24-16-14-13-15-17-24)31(40)43-22(6)29(38)35(9)27(20(4)12-2)33(42)45-23(7)30(39)36(26)10/h19-27H,11-18H2,1-10H3/t19-,20-,21-,22-,23-,25+,26+,27+/m1/s1. The zero-order chi connectivity index (χ0) is 34.2. The van der Waals surface area contributed by atoms with Gasteiger partial charge >= 0.3 is 17.9 Å². The first kappa shape index (κ1) is 38.0. The molecule has 2 aliphatic rings. The molecule has 0 unspecified atom stereocenters. The van der Waals surface area contributed by atoms with E-state index in [0.717, 1.165) is 32.1 Å². The third-order valence-electron chi connectivity index (χ3n) is 9.67. The molecule has 0 aromatic rings. The van der Waals surface area contributed by atoms with Crippen molar-refractivity contribution >= 4 is 35.6 Å². The Balaban J connectivity index is 2.58. The molecule has 0 aromatic heterocycles. The van der Waals surface area contributed by atoms with E-state index in [1.54, 1.807) is 13.8 Å². The van der Waals surface area contributed by atoms with Crippen molar-refractivity contribution < 1.29 is 43.0 Å². The molecule has 256 valence electrons. The van der Waals surface area contributed by atoms with Gasteiger partial charge in [-0.2, -0.15) is 0 Å². The number of hydrogen-bond acceptors (Lipinski definition) is 9. The quantitative estimate of drug-likeness (QED) is 0.317. The lowest BCUT2D eigenvalue weighted by Crippen LogP contribution is -2.55. The van der Waals surface area contributed by atoms with Gasteiger partial charge in [0, 0.05) is 21.1 Å². The van der Waals surface area contributed by atoms with E-state index in [0.29, 0.717) is 19.3 Å². The zero-order valence-corrected chi connectivity index (χ0v) is 28.9. The van der Waals surface area contributed by atoms with Crippen molar-refractivity contribution in [1.82, 2.24) is 14.7 Å². The van der Waals surface area contributed by atoms with Crippen LogP contribution in [0, 0.1) is 17.8 Å². The molecular formula is C33H55N3O9. The predicted molar refractivity (Wildman–Crippen MR) is 166 cm³/mol. The van der Waals surface area contributed by atoms with Crippen LogP contribution in [0.4, 0.5) is 0 Å². The van der Waals surface area contributed by atoms with E-state index in [-0.39, 0.29) is 17.8 Å². The van der Waals surface area contributed by atoms with Crippen LogP contribution in [-0.4, -0.2) is 108 Å². The molecule has 0 radical (unpaired) electrons. The minimum atomic E-state index is -1.28. The molecule has 1 saturated carbocycles. The zero-order valence-electron chi connectivity index (χ0n) is 28.9. The maximum Gasteiger partial charge on any atom is 0.329 e. The van der Waals surface area contributed by atoms with Gasteiger partial charge in [0.25, 0.3) is 17.7 Å². The molecule has 8 atom stereocenters. The predicted octanol–water partition coefficient (Wildman–Crippen LogP) is 3.34. The third-order valence-corrected chi connectivity index (χ3v) is 9.67. The summed E-state index contributed by atoms with van der Waals surface area (Å²) < 4.78 is 16.9. The van der Waals surface area contributed by atoms with Gasteiger partial charge in [0.05, 0.1) is 0 Å². The van der Waals surface area contributed by atoms with Gasteiger partial charge in [-0.05, 0) is 44.9 Å². The van der Waals surface area contributed by atoms with Gasteiger partial charge < -0.3 is 28.9 Å². The number of esters is 3. The second kappa shape index (κ2) is 16.9. The van der Waals surface area contributed by atoms with Gasteiger partial charge in [-0.1, -0.05) is 72.6 Å². The van der Waals surface area contributed by atoms with Crippen molar-refractivity contribution in [3.8, 4) is 0 Å². The molecule has 1 saturated heterocycles. The molecule has 0 bridgehead atoms. The Morgan fingerprint density at radius 2 is 0.956 bits per heavy atom. The number of cyclic esters (lactones) is 3. The molecular weight excluding hydrogens is 582 g/mol. The summed E-state index contributed by atoms with van der Waals surface area (Å²) in [6, 6.07) is -3.16. The lowest BCUT2D eigenvalue weighted by atomic mass is 9.84. The number of nitrogens with zero attached hydrogens (tertiary/aromatic N) is 3. The molecule has 0 spiro atoms. The van der Waals surface area contributed by atoms with Crippen LogP contribution in [0.3, 0.4) is 0 Å². The summed E-state index contributed by atoms with van der Waals surface area (Å²) in [6.45, 7) is 11.5. The van der Waals surface area contributed by atoms with Crippen LogP contribution in [0.1, 0.15) is 99.8 Å². The second-order valence-electron chi connectivity index (χ2n) is 13.0. The first-order valence-corrected chi connectivity index (χ1v) is 16.5. The fourth-order valence-electron chi connectivity index (χ4n) is 6.32. The van der Waals surface area contributed by atoms with Gasteiger partial charge in [-0.25, -0.2) is 14.4 Å². The lowest BCUT2D eigenvalue weighted by Gasteiger charge is -2.36. The van der Waals surface area contributed by atoms with Gasteiger partial charge in [0.15, 0.2) is 18.3 Å². The van der Waals surface area contributed by atoms with Crippen LogP contribution >= 0.6 is 0 Å². The SMILES string of the molecule is CC[C@@H](C)[C@H]1C(=O)O[C@H](C)C(=O)N(C)[C@@H](CC2CCCCC2)C(=O)O[C@H](C)C(=O)N(C)[C@@H]([C@H](C)CC)C(=O)O[C@H](C)C(=O)N1C. The first-order valence-electron chi connectivity index (χ1n) is 16.5. The monoisotopic (exact) mass is 637 g/mol. The van der Waals surface area contributed by atoms with E-state index in [1.165, 1.54) is 56.6 Å². The Kier molecular flexibility index (Phi) is 14.3. The topological polar surface area (TPSA) is 140 Å².